The Morgan fingerprint density at radius 3 is 2.77 bits per heavy atom. The van der Waals surface area contributed by atoms with Crippen LogP contribution in [0.1, 0.15) is 16.4 Å². The summed E-state index contributed by atoms with van der Waals surface area (Å²) in [5, 5.41) is 0. The van der Waals surface area contributed by atoms with Crippen LogP contribution in [0.4, 0.5) is 0 Å². The van der Waals surface area contributed by atoms with E-state index in [1.54, 1.807) is 6.07 Å². The molecule has 0 aromatic carbocycles. The van der Waals surface area contributed by atoms with Crippen molar-refractivity contribution < 1.29 is 4.79 Å². The molecule has 2 N–H and O–H groups in total. The Kier molecular flexibility index (Phi) is 1.84. The Labute approximate surface area is 76.9 Å². The lowest BCUT2D eigenvalue weighted by Crippen LogP contribution is -2.44. The van der Waals surface area contributed by atoms with Gasteiger partial charge in [-0.05, 0) is 13.1 Å². The van der Waals surface area contributed by atoms with Crippen LogP contribution in [-0.2, 0) is 0 Å². The number of primary amides is 1. The quantitative estimate of drug-likeness (QED) is 0.698. The van der Waals surface area contributed by atoms with Crippen LogP contribution in [-0.4, -0.2) is 35.5 Å². The summed E-state index contributed by atoms with van der Waals surface area (Å²) in [7, 11) is 2.08. The van der Waals surface area contributed by atoms with Gasteiger partial charge in [-0.2, -0.15) is 0 Å². The van der Waals surface area contributed by atoms with Crippen LogP contribution < -0.4 is 5.73 Å². The van der Waals surface area contributed by atoms with E-state index in [-0.39, 0.29) is 5.91 Å². The van der Waals surface area contributed by atoms with E-state index in [4.69, 9.17) is 5.73 Å². The fourth-order valence-electron chi connectivity index (χ4n) is 1.64. The first-order chi connectivity index (χ1) is 6.16. The van der Waals surface area contributed by atoms with Gasteiger partial charge in [0.25, 0.3) is 0 Å². The maximum atomic E-state index is 10.8. The molecule has 1 saturated heterocycles. The highest BCUT2D eigenvalue weighted by molar-refractivity contribution is 5.92. The first kappa shape index (κ1) is 8.31. The van der Waals surface area contributed by atoms with E-state index in [1.165, 1.54) is 0 Å². The number of hydrogen-bond acceptors (Lipinski definition) is 2. The number of carbonyl (C=O) groups is 1. The van der Waals surface area contributed by atoms with Crippen molar-refractivity contribution in [3.63, 3.8) is 0 Å². The molecule has 13 heavy (non-hydrogen) atoms. The fraction of sp³-hybridized carbons (Fsp3) is 0.444. The molecule has 0 aliphatic carbocycles. The standard InChI is InChI=1S/C9H13N3O/c1-11-5-8(6-11)12-3-2-7(4-12)9(10)13/h2-4,8H,5-6H2,1H3,(H2,10,13). The van der Waals surface area contributed by atoms with Gasteiger partial charge in [-0.1, -0.05) is 0 Å². The topological polar surface area (TPSA) is 51.3 Å². The number of carbonyl (C=O) groups excluding carboxylic acids is 1. The normalized spacial score (nSPS) is 18.5. The van der Waals surface area contributed by atoms with Crippen LogP contribution in [0.25, 0.3) is 0 Å². The van der Waals surface area contributed by atoms with Crippen LogP contribution in [0, 0.1) is 0 Å². The molecule has 0 bridgehead atoms. The average Bonchev–Trinajstić information content (AvgIpc) is 2.46. The van der Waals surface area contributed by atoms with Crippen molar-refractivity contribution in [1.29, 1.82) is 0 Å². The summed E-state index contributed by atoms with van der Waals surface area (Å²) in [6.45, 7) is 2.10. The van der Waals surface area contributed by atoms with Gasteiger partial charge in [0.05, 0.1) is 11.6 Å². The van der Waals surface area contributed by atoms with Gasteiger partial charge in [-0.3, -0.25) is 4.79 Å². The fourth-order valence-corrected chi connectivity index (χ4v) is 1.64. The van der Waals surface area contributed by atoms with Crippen molar-refractivity contribution in [2.75, 3.05) is 20.1 Å². The smallest absolute Gasteiger partial charge is 0.250 e. The third-order valence-electron chi connectivity index (χ3n) is 2.47. The zero-order valence-electron chi connectivity index (χ0n) is 7.60. The van der Waals surface area contributed by atoms with Crippen LogP contribution in [0.15, 0.2) is 18.5 Å². The van der Waals surface area contributed by atoms with Crippen molar-refractivity contribution in [1.82, 2.24) is 9.47 Å². The summed E-state index contributed by atoms with van der Waals surface area (Å²) in [5.74, 6) is -0.355. The minimum atomic E-state index is -0.355. The van der Waals surface area contributed by atoms with Gasteiger partial charge < -0.3 is 15.2 Å². The van der Waals surface area contributed by atoms with Gasteiger partial charge in [0.15, 0.2) is 0 Å². The molecule has 1 aromatic rings. The largest absolute Gasteiger partial charge is 0.366 e. The van der Waals surface area contributed by atoms with Crippen LogP contribution in [0.2, 0.25) is 0 Å². The molecule has 2 rings (SSSR count). The molecule has 70 valence electrons. The number of aromatic nitrogens is 1. The molecule has 0 spiro atoms. The zero-order chi connectivity index (χ0) is 9.42. The van der Waals surface area contributed by atoms with Gasteiger partial charge in [0, 0.05) is 25.5 Å². The Balaban J connectivity index is 2.10. The van der Waals surface area contributed by atoms with Gasteiger partial charge in [0.1, 0.15) is 0 Å². The van der Waals surface area contributed by atoms with Crippen LogP contribution in [0.3, 0.4) is 0 Å². The Morgan fingerprint density at radius 2 is 2.31 bits per heavy atom. The third kappa shape index (κ3) is 1.45. The van der Waals surface area contributed by atoms with E-state index >= 15 is 0 Å². The van der Waals surface area contributed by atoms with Crippen molar-refractivity contribution in [2.45, 2.75) is 6.04 Å². The number of likely N-dealkylation sites (tertiary alicyclic amines) is 1. The summed E-state index contributed by atoms with van der Waals surface area (Å²) < 4.78 is 2.06. The summed E-state index contributed by atoms with van der Waals surface area (Å²) >= 11 is 0. The molecule has 1 aliphatic rings. The van der Waals surface area contributed by atoms with E-state index in [0.29, 0.717) is 11.6 Å². The molecule has 4 nitrogen and oxygen atoms in total. The molecule has 0 radical (unpaired) electrons. The lowest BCUT2D eigenvalue weighted by Gasteiger charge is -2.37. The average molecular weight is 179 g/mol. The summed E-state index contributed by atoms with van der Waals surface area (Å²) in [6.07, 6.45) is 3.73. The van der Waals surface area contributed by atoms with E-state index in [0.717, 1.165) is 13.1 Å². The van der Waals surface area contributed by atoms with E-state index in [1.807, 2.05) is 12.4 Å². The van der Waals surface area contributed by atoms with E-state index < -0.39 is 0 Å². The summed E-state index contributed by atoms with van der Waals surface area (Å²) in [6, 6.07) is 2.28. The van der Waals surface area contributed by atoms with Gasteiger partial charge in [-0.15, -0.1) is 0 Å². The second-order valence-electron chi connectivity index (χ2n) is 3.59. The minimum Gasteiger partial charge on any atom is -0.366 e. The maximum Gasteiger partial charge on any atom is 0.250 e. The highest BCUT2D eigenvalue weighted by Crippen LogP contribution is 2.19. The van der Waals surface area contributed by atoms with E-state index in [2.05, 4.69) is 16.5 Å². The maximum absolute atomic E-state index is 10.8. The van der Waals surface area contributed by atoms with Gasteiger partial charge in [-0.25, -0.2) is 0 Å². The first-order valence-corrected chi connectivity index (χ1v) is 4.32. The van der Waals surface area contributed by atoms with Crippen molar-refractivity contribution >= 4 is 5.91 Å². The predicted octanol–water partition coefficient (Wildman–Crippen LogP) is 0.0735. The highest BCUT2D eigenvalue weighted by atomic mass is 16.1. The highest BCUT2D eigenvalue weighted by Gasteiger charge is 2.24. The number of rotatable bonds is 2. The molecular formula is C9H13N3O. The van der Waals surface area contributed by atoms with Crippen LogP contribution in [0.5, 0.6) is 0 Å². The lowest BCUT2D eigenvalue weighted by molar-refractivity contribution is 0.0999. The van der Waals surface area contributed by atoms with Gasteiger partial charge >= 0.3 is 0 Å². The Bertz CT molecular complexity index is 325. The Morgan fingerprint density at radius 1 is 1.62 bits per heavy atom. The van der Waals surface area contributed by atoms with Crippen molar-refractivity contribution in [3.05, 3.63) is 24.0 Å². The molecule has 0 atom stereocenters. The second kappa shape index (κ2) is 2.88. The molecule has 2 heterocycles. The van der Waals surface area contributed by atoms with Gasteiger partial charge in [0.2, 0.25) is 5.91 Å². The molecule has 1 aromatic heterocycles. The van der Waals surface area contributed by atoms with Crippen LogP contribution >= 0.6 is 0 Å². The second-order valence-corrected chi connectivity index (χ2v) is 3.59. The molecule has 1 fully saturated rings. The summed E-state index contributed by atoms with van der Waals surface area (Å²) in [5.41, 5.74) is 5.74. The Hall–Kier alpha value is -1.29. The van der Waals surface area contributed by atoms with Crippen molar-refractivity contribution in [2.24, 2.45) is 5.73 Å². The predicted molar refractivity (Wildman–Crippen MR) is 49.5 cm³/mol. The lowest BCUT2D eigenvalue weighted by atomic mass is 10.1. The molecule has 1 aliphatic heterocycles. The third-order valence-corrected chi connectivity index (χ3v) is 2.47. The number of hydrogen-bond donors (Lipinski definition) is 1. The monoisotopic (exact) mass is 179 g/mol. The number of nitrogens with zero attached hydrogens (tertiary/aromatic N) is 2. The molecule has 1 amide bonds. The van der Waals surface area contributed by atoms with E-state index in [9.17, 15) is 4.79 Å². The SMILES string of the molecule is CN1CC(n2ccc(C(N)=O)c2)C1. The molecule has 4 heteroatoms. The number of amides is 1. The number of nitrogens with two attached hydrogens (primary N) is 1. The van der Waals surface area contributed by atoms with Crippen molar-refractivity contribution in [3.8, 4) is 0 Å². The summed E-state index contributed by atoms with van der Waals surface area (Å²) in [4.78, 5) is 13.0. The first-order valence-electron chi connectivity index (χ1n) is 4.32. The molecular weight excluding hydrogens is 166 g/mol. The minimum absolute atomic E-state index is 0.355. The zero-order valence-corrected chi connectivity index (χ0v) is 7.60. The molecule has 0 unspecified atom stereocenters. The number of likely N-dealkylation sites (N-methyl/N-ethyl adjacent to an activating group) is 1. The molecule has 0 saturated carbocycles.